The summed E-state index contributed by atoms with van der Waals surface area (Å²) >= 11 is 0. The Kier molecular flexibility index (Phi) is 13.5. The highest BCUT2D eigenvalue weighted by Crippen LogP contribution is 2.12. The fourth-order valence-corrected chi connectivity index (χ4v) is 1.55. The van der Waals surface area contributed by atoms with Gasteiger partial charge in [-0.1, -0.05) is 12.1 Å². The van der Waals surface area contributed by atoms with E-state index in [9.17, 15) is 4.79 Å². The van der Waals surface area contributed by atoms with E-state index in [2.05, 4.69) is 10.2 Å². The number of nitrogens with zero attached hydrogens (tertiary/aromatic N) is 1. The Bertz CT molecular complexity index is 386. The highest BCUT2D eigenvalue weighted by molar-refractivity contribution is 5.85. The second kappa shape index (κ2) is 12.7. The number of rotatable bonds is 8. The van der Waals surface area contributed by atoms with Crippen molar-refractivity contribution >= 4 is 30.7 Å². The third kappa shape index (κ3) is 10.4. The van der Waals surface area contributed by atoms with E-state index in [0.717, 1.165) is 24.3 Å². The van der Waals surface area contributed by atoms with E-state index < -0.39 is 0 Å². The zero-order valence-corrected chi connectivity index (χ0v) is 14.1. The normalized spacial score (nSPS) is 9.52. The van der Waals surface area contributed by atoms with Gasteiger partial charge in [-0.15, -0.1) is 24.8 Å². The summed E-state index contributed by atoms with van der Waals surface area (Å²) in [5.74, 6) is 0.705. The maximum atomic E-state index is 11.0. The van der Waals surface area contributed by atoms with Gasteiger partial charge in [0.05, 0.1) is 13.2 Å². The first-order valence-corrected chi connectivity index (χ1v) is 6.45. The minimum atomic E-state index is -0.149. The van der Waals surface area contributed by atoms with Crippen LogP contribution in [-0.2, 0) is 11.3 Å². The molecule has 0 atom stereocenters. The molecule has 1 rings (SSSR count). The molecule has 0 saturated heterocycles. The van der Waals surface area contributed by atoms with Crippen LogP contribution in [0.4, 0.5) is 0 Å². The molecular weight excluding hydrogens is 313 g/mol. The molecule has 0 aliphatic carbocycles. The third-order valence-electron chi connectivity index (χ3n) is 2.62. The average molecular weight is 338 g/mol. The van der Waals surface area contributed by atoms with Gasteiger partial charge in [-0.25, -0.2) is 0 Å². The number of nitrogens with two attached hydrogens (primary N) is 1. The third-order valence-corrected chi connectivity index (χ3v) is 2.62. The summed E-state index contributed by atoms with van der Waals surface area (Å²) in [6.45, 7) is 2.24. The summed E-state index contributed by atoms with van der Waals surface area (Å²) in [5, 5.41) is 2.72. The lowest BCUT2D eigenvalue weighted by Crippen LogP contribution is -2.29. The van der Waals surface area contributed by atoms with Gasteiger partial charge in [0.2, 0.25) is 5.91 Å². The Morgan fingerprint density at radius 2 is 1.86 bits per heavy atom. The Morgan fingerprint density at radius 1 is 1.24 bits per heavy atom. The molecule has 0 aliphatic rings. The molecule has 0 aromatic heterocycles. The van der Waals surface area contributed by atoms with Crippen molar-refractivity contribution in [1.29, 1.82) is 0 Å². The Labute approximate surface area is 139 Å². The molecule has 1 aromatic carbocycles. The lowest BCUT2D eigenvalue weighted by molar-refractivity contribution is -0.119. The van der Waals surface area contributed by atoms with Crippen molar-refractivity contribution in [3.63, 3.8) is 0 Å². The van der Waals surface area contributed by atoms with E-state index in [0.29, 0.717) is 13.2 Å². The van der Waals surface area contributed by atoms with Gasteiger partial charge < -0.3 is 20.7 Å². The van der Waals surface area contributed by atoms with Crippen molar-refractivity contribution in [3.8, 4) is 5.75 Å². The molecule has 21 heavy (non-hydrogen) atoms. The molecule has 0 fully saturated rings. The van der Waals surface area contributed by atoms with Gasteiger partial charge in [-0.3, -0.25) is 4.79 Å². The van der Waals surface area contributed by atoms with Gasteiger partial charge in [0.1, 0.15) is 5.75 Å². The largest absolute Gasteiger partial charge is 0.494 e. The van der Waals surface area contributed by atoms with Crippen LogP contribution in [0.3, 0.4) is 0 Å². The lowest BCUT2D eigenvalue weighted by atomic mass is 10.2. The second-order valence-electron chi connectivity index (χ2n) is 4.63. The maximum absolute atomic E-state index is 11.0. The second-order valence-corrected chi connectivity index (χ2v) is 4.63. The summed E-state index contributed by atoms with van der Waals surface area (Å²) in [6.07, 6.45) is 1.00. The van der Waals surface area contributed by atoms with E-state index >= 15 is 0 Å². The Hall–Kier alpha value is -1.01. The van der Waals surface area contributed by atoms with E-state index in [4.69, 9.17) is 10.5 Å². The predicted octanol–water partition coefficient (Wildman–Crippen LogP) is 1.44. The van der Waals surface area contributed by atoms with Gasteiger partial charge in [0.15, 0.2) is 0 Å². The average Bonchev–Trinajstić information content (AvgIpc) is 2.42. The van der Waals surface area contributed by atoms with Crippen molar-refractivity contribution in [3.05, 3.63) is 29.8 Å². The molecule has 0 aliphatic heterocycles. The van der Waals surface area contributed by atoms with Gasteiger partial charge >= 0.3 is 0 Å². The predicted molar refractivity (Wildman–Crippen MR) is 90.5 cm³/mol. The molecular formula is C14H25Cl2N3O2. The summed E-state index contributed by atoms with van der Waals surface area (Å²) in [6, 6.07) is 7.72. The van der Waals surface area contributed by atoms with Crippen LogP contribution >= 0.6 is 24.8 Å². The fourth-order valence-electron chi connectivity index (χ4n) is 1.55. The number of halogens is 2. The molecule has 1 amide bonds. The van der Waals surface area contributed by atoms with E-state index in [1.165, 1.54) is 0 Å². The number of nitrogens with one attached hydrogen (secondary N) is 1. The van der Waals surface area contributed by atoms with Crippen molar-refractivity contribution in [2.24, 2.45) is 5.73 Å². The summed E-state index contributed by atoms with van der Waals surface area (Å²) in [5.41, 5.74) is 6.24. The van der Waals surface area contributed by atoms with Gasteiger partial charge in [0, 0.05) is 13.1 Å². The van der Waals surface area contributed by atoms with Crippen molar-refractivity contribution in [2.45, 2.75) is 13.0 Å². The summed E-state index contributed by atoms with van der Waals surface area (Å²) in [7, 11) is 4.09. The molecule has 0 saturated carbocycles. The number of hydrogen-bond donors (Lipinski definition) is 2. The quantitative estimate of drug-likeness (QED) is 0.704. The van der Waals surface area contributed by atoms with Gasteiger partial charge in [-0.05, 0) is 38.2 Å². The van der Waals surface area contributed by atoms with E-state index in [1.54, 1.807) is 0 Å². The summed E-state index contributed by atoms with van der Waals surface area (Å²) < 4.78 is 5.62. The summed E-state index contributed by atoms with van der Waals surface area (Å²) in [4.78, 5) is 13.1. The monoisotopic (exact) mass is 337 g/mol. The van der Waals surface area contributed by atoms with Crippen LogP contribution in [0.15, 0.2) is 24.3 Å². The van der Waals surface area contributed by atoms with Gasteiger partial charge in [-0.2, -0.15) is 0 Å². The molecule has 1 aromatic rings. The minimum absolute atomic E-state index is 0. The molecule has 3 N–H and O–H groups in total. The number of ether oxygens (including phenoxy) is 1. The molecule has 7 heteroatoms. The molecule has 0 spiro atoms. The number of amides is 1. The fraction of sp³-hybridized carbons (Fsp3) is 0.500. The Balaban J connectivity index is 0. The molecule has 0 unspecified atom stereocenters. The van der Waals surface area contributed by atoms with E-state index in [-0.39, 0.29) is 37.3 Å². The van der Waals surface area contributed by atoms with Gasteiger partial charge in [0.25, 0.3) is 0 Å². The number of carbonyl (C=O) groups excluding carboxylic acids is 1. The van der Waals surface area contributed by atoms with Crippen LogP contribution in [0.25, 0.3) is 0 Å². The van der Waals surface area contributed by atoms with Crippen molar-refractivity contribution < 1.29 is 9.53 Å². The standard InChI is InChI=1S/C14H23N3O2.2ClH/c1-17(2)8-3-9-19-13-6-4-12(5-7-13)11-16-14(18)10-15;;/h4-7H,3,8-11,15H2,1-2H3,(H,16,18);2*1H. The lowest BCUT2D eigenvalue weighted by Gasteiger charge is -2.10. The Morgan fingerprint density at radius 3 is 2.38 bits per heavy atom. The zero-order valence-electron chi connectivity index (χ0n) is 12.5. The first-order valence-electron chi connectivity index (χ1n) is 6.45. The molecule has 0 bridgehead atoms. The first-order chi connectivity index (χ1) is 9.11. The molecule has 0 radical (unpaired) electrons. The van der Waals surface area contributed by atoms with Crippen LogP contribution in [0, 0.1) is 0 Å². The topological polar surface area (TPSA) is 67.6 Å². The SMILES string of the molecule is CN(C)CCCOc1ccc(CNC(=O)CN)cc1.Cl.Cl. The van der Waals surface area contributed by atoms with Crippen LogP contribution in [-0.4, -0.2) is 44.6 Å². The van der Waals surface area contributed by atoms with Crippen molar-refractivity contribution in [2.75, 3.05) is 33.8 Å². The van der Waals surface area contributed by atoms with Crippen LogP contribution in [0.5, 0.6) is 5.75 Å². The van der Waals surface area contributed by atoms with Crippen LogP contribution in [0.2, 0.25) is 0 Å². The van der Waals surface area contributed by atoms with Crippen LogP contribution in [0.1, 0.15) is 12.0 Å². The highest BCUT2D eigenvalue weighted by Gasteiger charge is 1.99. The number of carbonyl (C=O) groups is 1. The maximum Gasteiger partial charge on any atom is 0.234 e. The van der Waals surface area contributed by atoms with Crippen molar-refractivity contribution in [1.82, 2.24) is 10.2 Å². The number of benzene rings is 1. The highest BCUT2D eigenvalue weighted by atomic mass is 35.5. The van der Waals surface area contributed by atoms with E-state index in [1.807, 2.05) is 38.4 Å². The molecule has 122 valence electrons. The molecule has 0 heterocycles. The zero-order chi connectivity index (χ0) is 14.1. The smallest absolute Gasteiger partial charge is 0.234 e. The first kappa shape index (κ1) is 22.3. The van der Waals surface area contributed by atoms with Crippen LogP contribution < -0.4 is 15.8 Å². The number of hydrogen-bond acceptors (Lipinski definition) is 4. The molecule has 5 nitrogen and oxygen atoms in total. The minimum Gasteiger partial charge on any atom is -0.494 e.